The lowest BCUT2D eigenvalue weighted by Gasteiger charge is -2.41. The van der Waals surface area contributed by atoms with E-state index in [4.69, 9.17) is 4.74 Å². The second-order valence-electron chi connectivity index (χ2n) is 6.37. The highest BCUT2D eigenvalue weighted by Crippen LogP contribution is 2.31. The number of halogens is 1. The second-order valence-corrected chi connectivity index (χ2v) is 6.37. The van der Waals surface area contributed by atoms with Crippen molar-refractivity contribution in [3.05, 3.63) is 35.9 Å². The van der Waals surface area contributed by atoms with Crippen LogP contribution in [0.5, 0.6) is 0 Å². The molecule has 23 heavy (non-hydrogen) atoms. The highest BCUT2D eigenvalue weighted by atomic mass is 35.5. The molecule has 4 heteroatoms. The maximum atomic E-state index is 11.9. The zero-order valence-electron chi connectivity index (χ0n) is 14.4. The molecule has 130 valence electrons. The summed E-state index contributed by atoms with van der Waals surface area (Å²) in [6, 6.07) is 10.4. The largest absolute Gasteiger partial charge is 0.459 e. The molecule has 1 aromatic rings. The Kier molecular flexibility index (Phi) is 8.64. The summed E-state index contributed by atoms with van der Waals surface area (Å²) < 4.78 is 5.92. The van der Waals surface area contributed by atoms with Crippen LogP contribution in [-0.4, -0.2) is 36.1 Å². The molecule has 1 aliphatic rings. The lowest BCUT2D eigenvalue weighted by atomic mass is 9.84. The molecule has 0 unspecified atom stereocenters. The zero-order chi connectivity index (χ0) is 15.8. The van der Waals surface area contributed by atoms with Gasteiger partial charge in [0.15, 0.2) is 0 Å². The smallest absolute Gasteiger partial charge is 0.306 e. The first kappa shape index (κ1) is 20.0. The van der Waals surface area contributed by atoms with Crippen LogP contribution in [0, 0.1) is 0 Å². The van der Waals surface area contributed by atoms with Crippen molar-refractivity contribution in [1.82, 2.24) is 4.90 Å². The van der Waals surface area contributed by atoms with Gasteiger partial charge in [-0.1, -0.05) is 50.6 Å². The van der Waals surface area contributed by atoms with E-state index in [0.29, 0.717) is 6.42 Å². The van der Waals surface area contributed by atoms with Crippen LogP contribution in [0.2, 0.25) is 0 Å². The first-order valence-electron chi connectivity index (χ1n) is 8.65. The van der Waals surface area contributed by atoms with Gasteiger partial charge in [0.25, 0.3) is 0 Å². The lowest BCUT2D eigenvalue weighted by Crippen LogP contribution is -2.48. The fourth-order valence-corrected chi connectivity index (χ4v) is 3.16. The number of hydrogen-bond donors (Lipinski definition) is 0. The summed E-state index contributed by atoms with van der Waals surface area (Å²) in [5, 5.41) is 0. The van der Waals surface area contributed by atoms with E-state index in [2.05, 4.69) is 36.1 Å². The van der Waals surface area contributed by atoms with Crippen molar-refractivity contribution in [1.29, 1.82) is 0 Å². The molecule has 1 aliphatic heterocycles. The van der Waals surface area contributed by atoms with Crippen molar-refractivity contribution in [2.45, 2.75) is 58.0 Å². The van der Waals surface area contributed by atoms with Gasteiger partial charge in [-0.2, -0.15) is 0 Å². The van der Waals surface area contributed by atoms with Crippen molar-refractivity contribution in [2.75, 3.05) is 19.6 Å². The third-order valence-corrected chi connectivity index (χ3v) is 4.58. The van der Waals surface area contributed by atoms with Crippen molar-refractivity contribution in [3.63, 3.8) is 0 Å². The molecule has 3 nitrogen and oxygen atoms in total. The molecule has 0 aliphatic carbocycles. The van der Waals surface area contributed by atoms with E-state index >= 15 is 0 Å². The molecule has 0 spiro atoms. The van der Waals surface area contributed by atoms with Gasteiger partial charge in [-0.05, 0) is 18.5 Å². The van der Waals surface area contributed by atoms with Gasteiger partial charge in [0.1, 0.15) is 5.60 Å². The first-order chi connectivity index (χ1) is 10.7. The summed E-state index contributed by atoms with van der Waals surface area (Å²) in [5.41, 5.74) is 0.949. The van der Waals surface area contributed by atoms with Crippen LogP contribution in [0.3, 0.4) is 0 Å². The molecular weight excluding hydrogens is 310 g/mol. The van der Waals surface area contributed by atoms with Gasteiger partial charge in [-0.3, -0.25) is 4.79 Å². The van der Waals surface area contributed by atoms with Gasteiger partial charge < -0.3 is 9.64 Å². The quantitative estimate of drug-likeness (QED) is 0.696. The Morgan fingerprint density at radius 1 is 1.17 bits per heavy atom. The molecule has 1 saturated heterocycles. The monoisotopic (exact) mass is 339 g/mol. The number of esters is 1. The van der Waals surface area contributed by atoms with Gasteiger partial charge in [0.2, 0.25) is 0 Å². The molecular formula is C19H30ClNO2. The number of unbranched alkanes of at least 4 members (excludes halogenated alkanes) is 1. The van der Waals surface area contributed by atoms with Crippen molar-refractivity contribution in [3.8, 4) is 0 Å². The molecule has 1 heterocycles. The van der Waals surface area contributed by atoms with E-state index in [1.54, 1.807) is 0 Å². The molecule has 0 atom stereocenters. The highest BCUT2D eigenvalue weighted by Gasteiger charge is 2.37. The summed E-state index contributed by atoms with van der Waals surface area (Å²) in [5.74, 6) is -0.0714. The number of nitrogens with zero attached hydrogens (tertiary/aromatic N) is 1. The molecule has 2 rings (SSSR count). The van der Waals surface area contributed by atoms with E-state index < -0.39 is 0 Å². The number of carbonyl (C=O) groups excluding carboxylic acids is 1. The normalized spacial score (nSPS) is 17.3. The van der Waals surface area contributed by atoms with Crippen molar-refractivity contribution >= 4 is 18.4 Å². The number of likely N-dealkylation sites (tertiary alicyclic amines) is 1. The Balaban J connectivity index is 0.00000264. The molecule has 1 fully saturated rings. The minimum Gasteiger partial charge on any atom is -0.459 e. The molecule has 0 amide bonds. The predicted molar refractivity (Wildman–Crippen MR) is 97.1 cm³/mol. The van der Waals surface area contributed by atoms with Crippen molar-refractivity contribution < 1.29 is 9.53 Å². The van der Waals surface area contributed by atoms with Crippen LogP contribution < -0.4 is 0 Å². The van der Waals surface area contributed by atoms with Crippen LogP contribution in [0.1, 0.15) is 51.5 Å². The molecule has 1 aromatic carbocycles. The average molecular weight is 340 g/mol. The second kappa shape index (κ2) is 9.94. The van der Waals surface area contributed by atoms with E-state index in [9.17, 15) is 4.79 Å². The number of rotatable bonds is 7. The minimum absolute atomic E-state index is 0. The number of piperidine rings is 1. The Hall–Kier alpha value is -1.06. The standard InChI is InChI=1S/C19H29NO2.ClH/c1-3-5-13-20-14-11-19(12-15-20,22-18(21)4-2)16-17-9-7-6-8-10-17;/h6-10H,3-5,11-16H2,1-2H3;1H. The Morgan fingerprint density at radius 2 is 1.83 bits per heavy atom. The van der Waals surface area contributed by atoms with E-state index in [1.807, 2.05) is 13.0 Å². The van der Waals surface area contributed by atoms with E-state index in [0.717, 1.165) is 32.4 Å². The summed E-state index contributed by atoms with van der Waals surface area (Å²) in [4.78, 5) is 14.4. The van der Waals surface area contributed by atoms with Gasteiger partial charge in [-0.25, -0.2) is 0 Å². The van der Waals surface area contributed by atoms with Crippen LogP contribution in [0.4, 0.5) is 0 Å². The highest BCUT2D eigenvalue weighted by molar-refractivity contribution is 5.85. The predicted octanol–water partition coefficient (Wildman–Crippen LogP) is 4.24. The third-order valence-electron chi connectivity index (χ3n) is 4.58. The van der Waals surface area contributed by atoms with Crippen LogP contribution in [-0.2, 0) is 16.0 Å². The fourth-order valence-electron chi connectivity index (χ4n) is 3.16. The average Bonchev–Trinajstić information content (AvgIpc) is 2.55. The topological polar surface area (TPSA) is 29.5 Å². The third kappa shape index (κ3) is 6.15. The number of hydrogen-bond acceptors (Lipinski definition) is 3. The van der Waals surface area contributed by atoms with Crippen molar-refractivity contribution in [2.24, 2.45) is 0 Å². The molecule has 0 bridgehead atoms. The molecule has 0 radical (unpaired) electrons. The number of ether oxygens (including phenoxy) is 1. The lowest BCUT2D eigenvalue weighted by molar-refractivity contribution is -0.164. The maximum absolute atomic E-state index is 11.9. The van der Waals surface area contributed by atoms with Gasteiger partial charge in [0.05, 0.1) is 0 Å². The van der Waals surface area contributed by atoms with Crippen LogP contribution >= 0.6 is 12.4 Å². The number of benzene rings is 1. The molecule has 0 N–H and O–H groups in total. The molecule has 0 saturated carbocycles. The van der Waals surface area contributed by atoms with Gasteiger partial charge in [0, 0.05) is 38.8 Å². The summed E-state index contributed by atoms with van der Waals surface area (Å²) in [6.07, 6.45) is 5.66. The Morgan fingerprint density at radius 3 is 2.39 bits per heavy atom. The molecule has 0 aromatic heterocycles. The number of carbonyl (C=O) groups is 1. The van der Waals surface area contributed by atoms with Crippen LogP contribution in [0.25, 0.3) is 0 Å². The van der Waals surface area contributed by atoms with E-state index in [1.165, 1.54) is 24.9 Å². The van der Waals surface area contributed by atoms with Gasteiger partial charge in [-0.15, -0.1) is 12.4 Å². The van der Waals surface area contributed by atoms with Gasteiger partial charge >= 0.3 is 5.97 Å². The summed E-state index contributed by atoms with van der Waals surface area (Å²) >= 11 is 0. The van der Waals surface area contributed by atoms with Crippen LogP contribution in [0.15, 0.2) is 30.3 Å². The summed E-state index contributed by atoms with van der Waals surface area (Å²) in [6.45, 7) is 7.33. The summed E-state index contributed by atoms with van der Waals surface area (Å²) in [7, 11) is 0. The maximum Gasteiger partial charge on any atom is 0.306 e. The Labute approximate surface area is 146 Å². The minimum atomic E-state index is -0.308. The SMILES string of the molecule is CCCCN1CCC(Cc2ccccc2)(OC(=O)CC)CC1.Cl. The fraction of sp³-hybridized carbons (Fsp3) is 0.632. The zero-order valence-corrected chi connectivity index (χ0v) is 15.2. The Bertz CT molecular complexity index is 456. The van der Waals surface area contributed by atoms with E-state index in [-0.39, 0.29) is 24.0 Å². The first-order valence-corrected chi connectivity index (χ1v) is 8.65.